The number of nitrogens with two attached hydrogens (primary N) is 2. The van der Waals surface area contributed by atoms with Crippen LogP contribution < -0.4 is 20.9 Å². The van der Waals surface area contributed by atoms with Gasteiger partial charge in [0, 0.05) is 23.6 Å². The highest BCUT2D eigenvalue weighted by Crippen LogP contribution is 2.39. The SMILES string of the molecule is COc1cc(Cl)c(C(N)CC(C)(C)CC(N)=O)cc1OC. The van der Waals surface area contributed by atoms with Gasteiger partial charge in [0.2, 0.25) is 5.91 Å². The topological polar surface area (TPSA) is 87.6 Å². The fourth-order valence-corrected chi connectivity index (χ4v) is 2.70. The molecular weight excluding hydrogens is 292 g/mol. The van der Waals surface area contributed by atoms with Gasteiger partial charge in [-0.15, -0.1) is 0 Å². The van der Waals surface area contributed by atoms with Gasteiger partial charge < -0.3 is 20.9 Å². The maximum Gasteiger partial charge on any atom is 0.217 e. The van der Waals surface area contributed by atoms with Crippen molar-refractivity contribution in [3.8, 4) is 11.5 Å². The Hall–Kier alpha value is -1.46. The smallest absolute Gasteiger partial charge is 0.217 e. The van der Waals surface area contributed by atoms with E-state index in [0.717, 1.165) is 5.56 Å². The van der Waals surface area contributed by atoms with Crippen molar-refractivity contribution in [2.24, 2.45) is 16.9 Å². The molecule has 0 fully saturated rings. The predicted molar refractivity (Wildman–Crippen MR) is 83.7 cm³/mol. The first kappa shape index (κ1) is 17.6. The van der Waals surface area contributed by atoms with Gasteiger partial charge in [0.1, 0.15) is 0 Å². The van der Waals surface area contributed by atoms with E-state index in [1.54, 1.807) is 26.4 Å². The molecule has 0 spiro atoms. The molecule has 0 aromatic heterocycles. The molecule has 0 aliphatic heterocycles. The van der Waals surface area contributed by atoms with Crippen molar-refractivity contribution in [3.63, 3.8) is 0 Å². The normalized spacial score (nSPS) is 12.9. The molecule has 1 rings (SSSR count). The van der Waals surface area contributed by atoms with Gasteiger partial charge in [0.05, 0.1) is 14.2 Å². The van der Waals surface area contributed by atoms with Crippen molar-refractivity contribution in [3.05, 3.63) is 22.7 Å². The van der Waals surface area contributed by atoms with Crippen molar-refractivity contribution in [1.29, 1.82) is 0 Å². The van der Waals surface area contributed by atoms with Crippen LogP contribution in [0.3, 0.4) is 0 Å². The van der Waals surface area contributed by atoms with Crippen LogP contribution in [-0.2, 0) is 4.79 Å². The van der Waals surface area contributed by atoms with Gasteiger partial charge in [-0.2, -0.15) is 0 Å². The van der Waals surface area contributed by atoms with E-state index in [0.29, 0.717) is 22.9 Å². The number of hydrogen-bond acceptors (Lipinski definition) is 4. The van der Waals surface area contributed by atoms with E-state index in [1.807, 2.05) is 13.8 Å². The van der Waals surface area contributed by atoms with E-state index in [-0.39, 0.29) is 23.8 Å². The first-order chi connectivity index (χ1) is 9.70. The van der Waals surface area contributed by atoms with E-state index in [4.69, 9.17) is 32.5 Å². The van der Waals surface area contributed by atoms with Crippen molar-refractivity contribution < 1.29 is 14.3 Å². The molecule has 5 nitrogen and oxygen atoms in total. The molecule has 1 amide bonds. The van der Waals surface area contributed by atoms with Crippen LogP contribution in [0.2, 0.25) is 5.02 Å². The molecular formula is C15H23ClN2O3. The van der Waals surface area contributed by atoms with Crippen molar-refractivity contribution in [1.82, 2.24) is 0 Å². The Kier molecular flexibility index (Phi) is 5.87. The molecule has 118 valence electrons. The number of halogens is 1. The highest BCUT2D eigenvalue weighted by Gasteiger charge is 2.26. The number of primary amides is 1. The molecule has 1 unspecified atom stereocenters. The summed E-state index contributed by atoms with van der Waals surface area (Å²) in [6.07, 6.45) is 0.844. The van der Waals surface area contributed by atoms with E-state index >= 15 is 0 Å². The number of benzene rings is 1. The lowest BCUT2D eigenvalue weighted by atomic mass is 9.81. The fourth-order valence-electron chi connectivity index (χ4n) is 2.40. The minimum Gasteiger partial charge on any atom is -0.493 e. The zero-order chi connectivity index (χ0) is 16.2. The van der Waals surface area contributed by atoms with Crippen LogP contribution in [0, 0.1) is 5.41 Å². The number of methoxy groups -OCH3 is 2. The molecule has 6 heteroatoms. The highest BCUT2D eigenvalue weighted by atomic mass is 35.5. The van der Waals surface area contributed by atoms with Crippen LogP contribution in [0.4, 0.5) is 0 Å². The Bertz CT molecular complexity index is 518. The van der Waals surface area contributed by atoms with Gasteiger partial charge in [-0.05, 0) is 23.5 Å². The van der Waals surface area contributed by atoms with Gasteiger partial charge in [0.15, 0.2) is 11.5 Å². The van der Waals surface area contributed by atoms with E-state index in [9.17, 15) is 4.79 Å². The Morgan fingerprint density at radius 1 is 1.29 bits per heavy atom. The molecule has 0 saturated heterocycles. The second-order valence-electron chi connectivity index (χ2n) is 5.85. The Morgan fingerprint density at radius 3 is 2.29 bits per heavy atom. The number of hydrogen-bond donors (Lipinski definition) is 2. The van der Waals surface area contributed by atoms with E-state index in [2.05, 4.69) is 0 Å². The second kappa shape index (κ2) is 7.00. The number of amides is 1. The maximum atomic E-state index is 11.1. The third-order valence-electron chi connectivity index (χ3n) is 3.33. The first-order valence-corrected chi connectivity index (χ1v) is 7.03. The minimum absolute atomic E-state index is 0.269. The minimum atomic E-state index is -0.342. The third-order valence-corrected chi connectivity index (χ3v) is 3.65. The van der Waals surface area contributed by atoms with Crippen LogP contribution in [0.25, 0.3) is 0 Å². The monoisotopic (exact) mass is 314 g/mol. The average Bonchev–Trinajstić information content (AvgIpc) is 2.35. The van der Waals surface area contributed by atoms with Crippen molar-refractivity contribution >= 4 is 17.5 Å². The number of carbonyl (C=O) groups is 1. The number of carbonyl (C=O) groups excluding carboxylic acids is 1. The van der Waals surface area contributed by atoms with Gasteiger partial charge in [-0.3, -0.25) is 4.79 Å². The van der Waals surface area contributed by atoms with Gasteiger partial charge in [0.25, 0.3) is 0 Å². The number of ether oxygens (including phenoxy) is 2. The second-order valence-corrected chi connectivity index (χ2v) is 6.25. The van der Waals surface area contributed by atoms with Crippen LogP contribution in [0.1, 0.15) is 38.3 Å². The Labute approximate surface area is 130 Å². The summed E-state index contributed by atoms with van der Waals surface area (Å²) in [5.41, 5.74) is 12.0. The zero-order valence-electron chi connectivity index (χ0n) is 12.9. The molecule has 4 N–H and O–H groups in total. The van der Waals surface area contributed by atoms with E-state index in [1.165, 1.54) is 0 Å². The molecule has 0 radical (unpaired) electrons. The summed E-state index contributed by atoms with van der Waals surface area (Å²) >= 11 is 6.26. The molecule has 0 aliphatic rings. The molecule has 1 atom stereocenters. The van der Waals surface area contributed by atoms with Gasteiger partial charge in [-0.1, -0.05) is 25.4 Å². The van der Waals surface area contributed by atoms with Gasteiger partial charge in [-0.25, -0.2) is 0 Å². The lowest BCUT2D eigenvalue weighted by molar-refractivity contribution is -0.120. The summed E-state index contributed by atoms with van der Waals surface area (Å²) in [4.78, 5) is 11.1. The molecule has 21 heavy (non-hydrogen) atoms. The summed E-state index contributed by atoms with van der Waals surface area (Å²) in [5.74, 6) is 0.778. The standard InChI is InChI=1S/C15H23ClN2O3/c1-15(2,8-14(18)19)7-11(17)9-5-12(20-3)13(21-4)6-10(9)16/h5-6,11H,7-8,17H2,1-4H3,(H2,18,19). The summed E-state index contributed by atoms with van der Waals surface area (Å²) in [6, 6.07) is 3.12. The van der Waals surface area contributed by atoms with Crippen LogP contribution in [0.5, 0.6) is 11.5 Å². The summed E-state index contributed by atoms with van der Waals surface area (Å²) in [6.45, 7) is 3.90. The molecule has 1 aromatic rings. The van der Waals surface area contributed by atoms with E-state index < -0.39 is 0 Å². The summed E-state index contributed by atoms with van der Waals surface area (Å²) < 4.78 is 10.5. The third kappa shape index (κ3) is 4.79. The number of rotatable bonds is 7. The van der Waals surface area contributed by atoms with Crippen molar-refractivity contribution in [2.45, 2.75) is 32.7 Å². The zero-order valence-corrected chi connectivity index (χ0v) is 13.7. The lowest BCUT2D eigenvalue weighted by Gasteiger charge is -2.27. The first-order valence-electron chi connectivity index (χ1n) is 6.65. The molecule has 0 aliphatic carbocycles. The summed E-state index contributed by atoms with van der Waals surface area (Å²) in [5, 5.41) is 0.509. The Balaban J connectivity index is 3.02. The van der Waals surface area contributed by atoms with Gasteiger partial charge >= 0.3 is 0 Å². The van der Waals surface area contributed by atoms with Crippen LogP contribution in [-0.4, -0.2) is 20.1 Å². The average molecular weight is 315 g/mol. The maximum absolute atomic E-state index is 11.1. The van der Waals surface area contributed by atoms with Crippen molar-refractivity contribution in [2.75, 3.05) is 14.2 Å². The molecule has 0 heterocycles. The summed E-state index contributed by atoms with van der Waals surface area (Å²) in [7, 11) is 3.10. The molecule has 0 saturated carbocycles. The van der Waals surface area contributed by atoms with Crippen LogP contribution >= 0.6 is 11.6 Å². The largest absolute Gasteiger partial charge is 0.493 e. The molecule has 0 bridgehead atoms. The fraction of sp³-hybridized carbons (Fsp3) is 0.533. The highest BCUT2D eigenvalue weighted by molar-refractivity contribution is 6.31. The quantitative estimate of drug-likeness (QED) is 0.810. The lowest BCUT2D eigenvalue weighted by Crippen LogP contribution is -2.27. The Morgan fingerprint density at radius 2 is 1.81 bits per heavy atom. The predicted octanol–water partition coefficient (Wildman–Crippen LogP) is 2.65. The van der Waals surface area contributed by atoms with Crippen LogP contribution in [0.15, 0.2) is 12.1 Å². The molecule has 1 aromatic carbocycles.